The fourth-order valence-electron chi connectivity index (χ4n) is 2.40. The highest BCUT2D eigenvalue weighted by molar-refractivity contribution is 7.86. The lowest BCUT2D eigenvalue weighted by atomic mass is 10.1. The molecule has 0 N–H and O–H groups in total. The summed E-state index contributed by atoms with van der Waals surface area (Å²) in [5, 5.41) is 5.59. The van der Waals surface area contributed by atoms with E-state index in [4.69, 9.17) is 4.28 Å². The van der Waals surface area contributed by atoms with Gasteiger partial charge in [-0.2, -0.15) is 8.42 Å². The molecule has 24 heavy (non-hydrogen) atoms. The number of hydrogen-bond acceptors (Lipinski definition) is 4. The van der Waals surface area contributed by atoms with Gasteiger partial charge >= 0.3 is 10.1 Å². The van der Waals surface area contributed by atoms with Crippen LogP contribution in [0.3, 0.4) is 0 Å². The average molecular weight is 339 g/mol. The molecule has 0 aliphatic rings. The Morgan fingerprint density at radius 1 is 0.917 bits per heavy atom. The molecule has 0 spiro atoms. The van der Waals surface area contributed by atoms with Gasteiger partial charge < -0.3 is 0 Å². The number of fused-ring (bicyclic) bond motifs is 1. The molecule has 0 radical (unpaired) electrons. The van der Waals surface area contributed by atoms with E-state index in [1.165, 1.54) is 6.07 Å². The van der Waals surface area contributed by atoms with Crippen molar-refractivity contribution in [1.82, 2.24) is 0 Å². The summed E-state index contributed by atoms with van der Waals surface area (Å²) in [5.74, 6) is 0. The van der Waals surface area contributed by atoms with Gasteiger partial charge in [-0.05, 0) is 35.4 Å². The van der Waals surface area contributed by atoms with Crippen LogP contribution in [-0.2, 0) is 20.8 Å². The van der Waals surface area contributed by atoms with Crippen LogP contribution in [0.4, 0.5) is 0 Å². The summed E-state index contributed by atoms with van der Waals surface area (Å²) in [6.45, 7) is 1.74. The van der Waals surface area contributed by atoms with Crippen LogP contribution < -0.4 is 0 Å². The van der Waals surface area contributed by atoms with Crippen LogP contribution in [0.15, 0.2) is 82.8 Å². The van der Waals surface area contributed by atoms with E-state index in [1.54, 1.807) is 19.1 Å². The van der Waals surface area contributed by atoms with Crippen LogP contribution in [0.2, 0.25) is 0 Å². The van der Waals surface area contributed by atoms with E-state index in [0.717, 1.165) is 16.3 Å². The van der Waals surface area contributed by atoms with Gasteiger partial charge in [-0.3, -0.25) is 4.28 Å². The fraction of sp³-hybridized carbons (Fsp3) is 0.105. The van der Waals surface area contributed by atoms with Crippen molar-refractivity contribution in [1.29, 1.82) is 0 Å². The molecule has 0 bridgehead atoms. The smallest absolute Gasteiger partial charge is 0.265 e. The number of hydrogen-bond donors (Lipinski definition) is 0. The topological polar surface area (TPSA) is 55.7 Å². The molecule has 3 aromatic rings. The first kappa shape index (κ1) is 16.2. The Hall–Kier alpha value is -2.66. The Bertz CT molecular complexity index is 980. The van der Waals surface area contributed by atoms with Crippen LogP contribution in [0.1, 0.15) is 12.5 Å². The standard InChI is InChI=1S/C19H17NO3S/c1-15(13-16-7-3-2-4-8-16)20-23-24(21,22)19-12-11-17-9-5-6-10-18(17)14-19/h2-12,14H,13H2,1H3/b20-15+. The zero-order chi connectivity index (χ0) is 17.0. The Morgan fingerprint density at radius 3 is 2.33 bits per heavy atom. The molecule has 0 saturated carbocycles. The molecule has 0 unspecified atom stereocenters. The third-order valence-electron chi connectivity index (χ3n) is 3.60. The SMILES string of the molecule is C/C(Cc1ccccc1)=N\OS(=O)(=O)c1ccc2ccccc2c1. The van der Waals surface area contributed by atoms with Gasteiger partial charge in [0, 0.05) is 6.42 Å². The number of rotatable bonds is 5. The highest BCUT2D eigenvalue weighted by Gasteiger charge is 2.16. The Morgan fingerprint density at radius 2 is 1.58 bits per heavy atom. The predicted octanol–water partition coefficient (Wildman–Crippen LogP) is 4.16. The molecule has 4 nitrogen and oxygen atoms in total. The van der Waals surface area contributed by atoms with Crippen molar-refractivity contribution in [3.63, 3.8) is 0 Å². The van der Waals surface area contributed by atoms with E-state index in [9.17, 15) is 8.42 Å². The highest BCUT2D eigenvalue weighted by Crippen LogP contribution is 2.20. The molecule has 0 atom stereocenters. The second-order valence-corrected chi connectivity index (χ2v) is 7.06. The lowest BCUT2D eigenvalue weighted by molar-refractivity contribution is 0.337. The minimum absolute atomic E-state index is 0.0949. The van der Waals surface area contributed by atoms with Gasteiger partial charge in [0.25, 0.3) is 0 Å². The minimum Gasteiger partial charge on any atom is -0.265 e. The Labute approximate surface area is 141 Å². The minimum atomic E-state index is -3.93. The molecular weight excluding hydrogens is 322 g/mol. The molecule has 0 saturated heterocycles. The monoisotopic (exact) mass is 339 g/mol. The van der Waals surface area contributed by atoms with Gasteiger partial charge in [0.2, 0.25) is 0 Å². The summed E-state index contributed by atoms with van der Waals surface area (Å²) in [6, 6.07) is 22.1. The summed E-state index contributed by atoms with van der Waals surface area (Å²) in [4.78, 5) is 0.0949. The van der Waals surface area contributed by atoms with E-state index in [2.05, 4.69) is 5.16 Å². The molecule has 0 aliphatic carbocycles. The molecule has 0 aliphatic heterocycles. The van der Waals surface area contributed by atoms with Gasteiger partial charge in [0.1, 0.15) is 4.90 Å². The molecule has 0 fully saturated rings. The maximum Gasteiger partial charge on any atom is 0.358 e. The number of nitrogens with zero attached hydrogens (tertiary/aromatic N) is 1. The summed E-state index contributed by atoms with van der Waals surface area (Å²) < 4.78 is 29.5. The van der Waals surface area contributed by atoms with Crippen molar-refractivity contribution in [2.45, 2.75) is 18.2 Å². The maximum atomic E-state index is 12.3. The van der Waals surface area contributed by atoms with Crippen LogP contribution in [0.5, 0.6) is 0 Å². The first-order chi connectivity index (χ1) is 11.5. The largest absolute Gasteiger partial charge is 0.358 e. The van der Waals surface area contributed by atoms with Crippen LogP contribution in [0, 0.1) is 0 Å². The zero-order valence-electron chi connectivity index (χ0n) is 13.2. The lowest BCUT2D eigenvalue weighted by Gasteiger charge is -2.05. The maximum absolute atomic E-state index is 12.3. The van der Waals surface area contributed by atoms with Crippen LogP contribution in [-0.4, -0.2) is 14.1 Å². The molecule has 0 heterocycles. The Kier molecular flexibility index (Phi) is 4.62. The molecule has 0 amide bonds. The summed E-state index contributed by atoms with van der Waals surface area (Å²) in [5.41, 5.74) is 1.64. The summed E-state index contributed by atoms with van der Waals surface area (Å²) >= 11 is 0. The third-order valence-corrected chi connectivity index (χ3v) is 4.71. The van der Waals surface area contributed by atoms with Gasteiger partial charge in [0.05, 0.1) is 5.71 Å². The van der Waals surface area contributed by atoms with Gasteiger partial charge in [-0.15, -0.1) is 0 Å². The second-order valence-electron chi connectivity index (χ2n) is 5.53. The molecule has 0 aromatic heterocycles. The van der Waals surface area contributed by atoms with Crippen LogP contribution in [0.25, 0.3) is 10.8 Å². The van der Waals surface area contributed by atoms with Gasteiger partial charge in [-0.25, -0.2) is 0 Å². The zero-order valence-corrected chi connectivity index (χ0v) is 14.0. The normalized spacial score (nSPS) is 12.3. The second kappa shape index (κ2) is 6.84. The lowest BCUT2D eigenvalue weighted by Crippen LogP contribution is -2.06. The number of oxime groups is 1. The predicted molar refractivity (Wildman–Crippen MR) is 95.5 cm³/mol. The van der Waals surface area contributed by atoms with Crippen molar-refractivity contribution in [3.8, 4) is 0 Å². The van der Waals surface area contributed by atoms with E-state index in [1.807, 2.05) is 54.6 Å². The summed E-state index contributed by atoms with van der Waals surface area (Å²) in [7, 11) is -3.93. The van der Waals surface area contributed by atoms with Gasteiger partial charge in [-0.1, -0.05) is 65.8 Å². The van der Waals surface area contributed by atoms with Crippen molar-refractivity contribution < 1.29 is 12.7 Å². The molecule has 122 valence electrons. The first-order valence-electron chi connectivity index (χ1n) is 7.54. The van der Waals surface area contributed by atoms with E-state index >= 15 is 0 Å². The molecule has 3 rings (SSSR count). The van der Waals surface area contributed by atoms with Crippen molar-refractivity contribution in [3.05, 3.63) is 78.4 Å². The van der Waals surface area contributed by atoms with Crippen molar-refractivity contribution >= 4 is 26.6 Å². The Balaban J connectivity index is 1.78. The summed E-state index contributed by atoms with van der Waals surface area (Å²) in [6.07, 6.45) is 0.536. The third kappa shape index (κ3) is 3.81. The quantitative estimate of drug-likeness (QED) is 0.518. The first-order valence-corrected chi connectivity index (χ1v) is 8.95. The van der Waals surface area contributed by atoms with E-state index < -0.39 is 10.1 Å². The number of benzene rings is 3. The van der Waals surface area contributed by atoms with Crippen molar-refractivity contribution in [2.75, 3.05) is 0 Å². The molecular formula is C19H17NO3S. The fourth-order valence-corrected chi connectivity index (χ4v) is 3.22. The average Bonchev–Trinajstić information content (AvgIpc) is 2.60. The highest BCUT2D eigenvalue weighted by atomic mass is 32.2. The van der Waals surface area contributed by atoms with E-state index in [-0.39, 0.29) is 4.90 Å². The van der Waals surface area contributed by atoms with Gasteiger partial charge in [0.15, 0.2) is 0 Å². The molecule has 5 heteroatoms. The van der Waals surface area contributed by atoms with Crippen LogP contribution >= 0.6 is 0 Å². The molecule has 3 aromatic carbocycles. The van der Waals surface area contributed by atoms with E-state index in [0.29, 0.717) is 12.1 Å². The van der Waals surface area contributed by atoms with Crippen molar-refractivity contribution in [2.24, 2.45) is 5.16 Å².